The van der Waals surface area contributed by atoms with E-state index >= 15 is 0 Å². The molecular weight excluding hydrogens is 210 g/mol. The topological polar surface area (TPSA) is 84.2 Å². The number of hydrogen-bond acceptors (Lipinski definition) is 5. The van der Waals surface area contributed by atoms with Crippen molar-refractivity contribution in [2.45, 2.75) is 6.92 Å². The second kappa shape index (κ2) is 4.98. The number of piperidine rings is 1. The molecule has 0 aromatic carbocycles. The van der Waals surface area contributed by atoms with Crippen LogP contribution in [0.1, 0.15) is 6.92 Å². The van der Waals surface area contributed by atoms with Crippen molar-refractivity contribution in [3.05, 3.63) is 0 Å². The lowest BCUT2D eigenvalue weighted by Crippen LogP contribution is -2.62. The SMILES string of the molecule is CC1C(CO)(CO)CN(C)CC1(CO)CO. The van der Waals surface area contributed by atoms with E-state index in [1.807, 2.05) is 18.9 Å². The predicted molar refractivity (Wildman–Crippen MR) is 59.9 cm³/mol. The lowest BCUT2D eigenvalue weighted by atomic mass is 9.60. The summed E-state index contributed by atoms with van der Waals surface area (Å²) in [4.78, 5) is 1.94. The van der Waals surface area contributed by atoms with Gasteiger partial charge in [0.2, 0.25) is 0 Å². The monoisotopic (exact) mass is 233 g/mol. The van der Waals surface area contributed by atoms with Gasteiger partial charge in [0.25, 0.3) is 0 Å². The van der Waals surface area contributed by atoms with Crippen molar-refractivity contribution in [3.8, 4) is 0 Å². The van der Waals surface area contributed by atoms with E-state index < -0.39 is 10.8 Å². The first kappa shape index (κ1) is 13.9. The molecule has 5 nitrogen and oxygen atoms in total. The second-order valence-corrected chi connectivity index (χ2v) is 5.25. The largest absolute Gasteiger partial charge is 0.396 e. The minimum absolute atomic E-state index is 0.138. The third kappa shape index (κ3) is 1.98. The second-order valence-electron chi connectivity index (χ2n) is 5.25. The van der Waals surface area contributed by atoms with Gasteiger partial charge in [-0.15, -0.1) is 0 Å². The quantitative estimate of drug-likeness (QED) is 0.475. The maximum atomic E-state index is 9.50. The van der Waals surface area contributed by atoms with Crippen LogP contribution in [-0.4, -0.2) is 71.9 Å². The fourth-order valence-electron chi connectivity index (χ4n) is 2.90. The minimum Gasteiger partial charge on any atom is -0.396 e. The third-order valence-electron chi connectivity index (χ3n) is 4.27. The lowest BCUT2D eigenvalue weighted by molar-refractivity contribution is -0.143. The van der Waals surface area contributed by atoms with Gasteiger partial charge < -0.3 is 25.3 Å². The smallest absolute Gasteiger partial charge is 0.0524 e. The predicted octanol–water partition coefficient (Wildman–Crippen LogP) is -1.49. The molecule has 0 radical (unpaired) electrons. The van der Waals surface area contributed by atoms with E-state index in [1.165, 1.54) is 0 Å². The molecule has 1 rings (SSSR count). The van der Waals surface area contributed by atoms with Crippen molar-refractivity contribution in [2.75, 3.05) is 46.6 Å². The molecule has 0 saturated carbocycles. The molecule has 0 aromatic heterocycles. The van der Waals surface area contributed by atoms with Gasteiger partial charge in [-0.05, 0) is 13.0 Å². The van der Waals surface area contributed by atoms with Crippen molar-refractivity contribution >= 4 is 0 Å². The fraction of sp³-hybridized carbons (Fsp3) is 1.00. The van der Waals surface area contributed by atoms with E-state index in [2.05, 4.69) is 0 Å². The summed E-state index contributed by atoms with van der Waals surface area (Å²) in [6.45, 7) is 2.46. The fourth-order valence-corrected chi connectivity index (χ4v) is 2.90. The summed E-state index contributed by atoms with van der Waals surface area (Å²) >= 11 is 0. The zero-order chi connectivity index (χ0) is 12.4. The number of nitrogens with zero attached hydrogens (tertiary/aromatic N) is 1. The summed E-state index contributed by atoms with van der Waals surface area (Å²) in [6.07, 6.45) is 0. The number of likely N-dealkylation sites (tertiary alicyclic amines) is 1. The maximum Gasteiger partial charge on any atom is 0.0524 e. The van der Waals surface area contributed by atoms with Crippen molar-refractivity contribution in [1.29, 1.82) is 0 Å². The number of aliphatic hydroxyl groups is 4. The Morgan fingerprint density at radius 3 is 1.50 bits per heavy atom. The molecule has 1 heterocycles. The summed E-state index contributed by atoms with van der Waals surface area (Å²) in [7, 11) is 1.87. The van der Waals surface area contributed by atoms with Gasteiger partial charge in [0.05, 0.1) is 26.4 Å². The van der Waals surface area contributed by atoms with Crippen molar-refractivity contribution < 1.29 is 20.4 Å². The molecule has 0 atom stereocenters. The van der Waals surface area contributed by atoms with Gasteiger partial charge in [0.1, 0.15) is 0 Å². The Balaban J connectivity index is 3.06. The van der Waals surface area contributed by atoms with Crippen LogP contribution in [0.15, 0.2) is 0 Å². The van der Waals surface area contributed by atoms with Crippen LogP contribution < -0.4 is 0 Å². The molecule has 0 unspecified atom stereocenters. The number of aliphatic hydroxyl groups excluding tert-OH is 4. The highest BCUT2D eigenvalue weighted by atomic mass is 16.3. The summed E-state index contributed by atoms with van der Waals surface area (Å²) in [5.74, 6) is -0.138. The van der Waals surface area contributed by atoms with Crippen molar-refractivity contribution in [2.24, 2.45) is 16.7 Å². The molecule has 0 bridgehead atoms. The Bertz CT molecular complexity index is 204. The van der Waals surface area contributed by atoms with E-state index in [1.54, 1.807) is 0 Å². The van der Waals surface area contributed by atoms with Gasteiger partial charge in [-0.25, -0.2) is 0 Å². The van der Waals surface area contributed by atoms with Crippen molar-refractivity contribution in [3.63, 3.8) is 0 Å². The highest BCUT2D eigenvalue weighted by Crippen LogP contribution is 2.44. The number of hydrogen-bond donors (Lipinski definition) is 4. The highest BCUT2D eigenvalue weighted by molar-refractivity contribution is 5.01. The molecule has 5 heteroatoms. The van der Waals surface area contributed by atoms with E-state index in [9.17, 15) is 20.4 Å². The molecule has 0 amide bonds. The summed E-state index contributed by atoms with van der Waals surface area (Å²) in [5.41, 5.74) is -1.31. The van der Waals surface area contributed by atoms with E-state index in [0.29, 0.717) is 13.1 Å². The minimum atomic E-state index is -0.654. The number of rotatable bonds is 4. The van der Waals surface area contributed by atoms with E-state index in [0.717, 1.165) is 0 Å². The molecule has 1 fully saturated rings. The van der Waals surface area contributed by atoms with E-state index in [-0.39, 0.29) is 32.3 Å². The standard InChI is InChI=1S/C11H23NO4/c1-9-10(5-13,6-14)3-12(2)4-11(9,7-15)8-16/h9,13-16H,3-8H2,1-2H3. The molecule has 4 N–H and O–H groups in total. The molecule has 1 aliphatic heterocycles. The van der Waals surface area contributed by atoms with Gasteiger partial charge in [0, 0.05) is 23.9 Å². The lowest BCUT2D eigenvalue weighted by Gasteiger charge is -2.54. The van der Waals surface area contributed by atoms with Gasteiger partial charge in [-0.1, -0.05) is 6.92 Å². The Hall–Kier alpha value is -0.200. The normalized spacial score (nSPS) is 25.9. The third-order valence-corrected chi connectivity index (χ3v) is 4.27. The Labute approximate surface area is 96.3 Å². The summed E-state index contributed by atoms with van der Waals surface area (Å²) < 4.78 is 0. The molecule has 96 valence electrons. The summed E-state index contributed by atoms with van der Waals surface area (Å²) in [5, 5.41) is 38.0. The van der Waals surface area contributed by atoms with Crippen LogP contribution in [0, 0.1) is 16.7 Å². The zero-order valence-corrected chi connectivity index (χ0v) is 10.1. The zero-order valence-electron chi connectivity index (χ0n) is 10.1. The van der Waals surface area contributed by atoms with Gasteiger partial charge in [0.15, 0.2) is 0 Å². The molecule has 1 aliphatic rings. The van der Waals surface area contributed by atoms with E-state index in [4.69, 9.17) is 0 Å². The Morgan fingerprint density at radius 1 is 0.938 bits per heavy atom. The average molecular weight is 233 g/mol. The van der Waals surface area contributed by atoms with Crippen LogP contribution in [0.2, 0.25) is 0 Å². The Kier molecular flexibility index (Phi) is 4.31. The van der Waals surface area contributed by atoms with Gasteiger partial charge in [-0.3, -0.25) is 0 Å². The molecule has 16 heavy (non-hydrogen) atoms. The molecular formula is C11H23NO4. The van der Waals surface area contributed by atoms with Crippen LogP contribution in [0.4, 0.5) is 0 Å². The molecule has 0 aromatic rings. The first-order chi connectivity index (χ1) is 7.50. The first-order valence-electron chi connectivity index (χ1n) is 5.62. The average Bonchev–Trinajstić information content (AvgIpc) is 2.32. The summed E-state index contributed by atoms with van der Waals surface area (Å²) in [6, 6.07) is 0. The van der Waals surface area contributed by atoms with Crippen molar-refractivity contribution in [1.82, 2.24) is 4.90 Å². The molecule has 1 saturated heterocycles. The van der Waals surface area contributed by atoms with Crippen LogP contribution in [0.3, 0.4) is 0 Å². The van der Waals surface area contributed by atoms with Crippen LogP contribution in [0.5, 0.6) is 0 Å². The Morgan fingerprint density at radius 2 is 1.25 bits per heavy atom. The van der Waals surface area contributed by atoms with Crippen LogP contribution in [-0.2, 0) is 0 Å². The first-order valence-corrected chi connectivity index (χ1v) is 5.62. The highest BCUT2D eigenvalue weighted by Gasteiger charge is 2.52. The van der Waals surface area contributed by atoms with Crippen LogP contribution in [0.25, 0.3) is 0 Å². The molecule has 0 aliphatic carbocycles. The van der Waals surface area contributed by atoms with Gasteiger partial charge >= 0.3 is 0 Å². The van der Waals surface area contributed by atoms with Gasteiger partial charge in [-0.2, -0.15) is 0 Å². The maximum absolute atomic E-state index is 9.50. The van der Waals surface area contributed by atoms with Crippen LogP contribution >= 0.6 is 0 Å². The molecule has 0 spiro atoms.